The second-order valence-corrected chi connectivity index (χ2v) is 5.64. The number of aliphatic carboxylic acids is 1. The van der Waals surface area contributed by atoms with Crippen LogP contribution in [0.5, 0.6) is 0 Å². The van der Waals surface area contributed by atoms with Crippen LogP contribution in [0.25, 0.3) is 0 Å². The summed E-state index contributed by atoms with van der Waals surface area (Å²) in [5.41, 5.74) is 5.14. The third-order valence-corrected chi connectivity index (χ3v) is 4.08. The standard InChI is InChI=1S/C15H21N3O3/c1-2-6-15(14(20)21)7-3-8-18(10-15)13(19)11-4-5-12(16)17-9-11/h4-5,9H,2-3,6-8,10H2,1H3,(H2,16,17)(H,20,21)/t15-/m0/s1. The van der Waals surface area contributed by atoms with Gasteiger partial charge < -0.3 is 15.7 Å². The van der Waals surface area contributed by atoms with Gasteiger partial charge in [-0.05, 0) is 31.4 Å². The number of carboxylic acids is 1. The molecule has 0 saturated carbocycles. The molecule has 1 saturated heterocycles. The van der Waals surface area contributed by atoms with Crippen LogP contribution in [-0.4, -0.2) is 40.0 Å². The van der Waals surface area contributed by atoms with Crippen LogP contribution in [0.1, 0.15) is 43.0 Å². The van der Waals surface area contributed by atoms with E-state index < -0.39 is 11.4 Å². The summed E-state index contributed by atoms with van der Waals surface area (Å²) in [6, 6.07) is 3.20. The SMILES string of the molecule is CCC[C@]1(C(=O)O)CCCN(C(=O)c2ccc(N)nc2)C1. The largest absolute Gasteiger partial charge is 0.481 e. The average Bonchev–Trinajstić information content (AvgIpc) is 2.48. The number of nitrogens with two attached hydrogens (primary N) is 1. The number of hydrogen-bond acceptors (Lipinski definition) is 4. The Hall–Kier alpha value is -2.11. The quantitative estimate of drug-likeness (QED) is 0.881. The number of likely N-dealkylation sites (tertiary alicyclic amines) is 1. The minimum absolute atomic E-state index is 0.177. The van der Waals surface area contributed by atoms with Crippen LogP contribution in [0.2, 0.25) is 0 Å². The van der Waals surface area contributed by atoms with Gasteiger partial charge in [-0.25, -0.2) is 4.98 Å². The van der Waals surface area contributed by atoms with Crippen LogP contribution >= 0.6 is 0 Å². The van der Waals surface area contributed by atoms with Gasteiger partial charge in [-0.1, -0.05) is 13.3 Å². The van der Waals surface area contributed by atoms with Crippen molar-refractivity contribution in [2.45, 2.75) is 32.6 Å². The van der Waals surface area contributed by atoms with Crippen LogP contribution in [0.15, 0.2) is 18.3 Å². The molecular formula is C15H21N3O3. The number of anilines is 1. The van der Waals surface area contributed by atoms with E-state index in [-0.39, 0.29) is 12.5 Å². The molecule has 1 atom stereocenters. The minimum atomic E-state index is -0.816. The Balaban J connectivity index is 2.18. The molecule has 6 nitrogen and oxygen atoms in total. The molecule has 1 aliphatic rings. The first-order valence-electron chi connectivity index (χ1n) is 7.23. The van der Waals surface area contributed by atoms with Crippen LogP contribution in [0, 0.1) is 5.41 Å². The van der Waals surface area contributed by atoms with Gasteiger partial charge in [-0.3, -0.25) is 9.59 Å². The van der Waals surface area contributed by atoms with Crippen molar-refractivity contribution >= 4 is 17.7 Å². The molecule has 1 fully saturated rings. The Labute approximate surface area is 124 Å². The zero-order valence-electron chi connectivity index (χ0n) is 12.2. The summed E-state index contributed by atoms with van der Waals surface area (Å²) >= 11 is 0. The number of nitrogen functional groups attached to an aromatic ring is 1. The molecule has 1 amide bonds. The van der Waals surface area contributed by atoms with E-state index in [9.17, 15) is 14.7 Å². The highest BCUT2D eigenvalue weighted by Gasteiger charge is 2.42. The molecule has 0 radical (unpaired) electrons. The lowest BCUT2D eigenvalue weighted by molar-refractivity contribution is -0.152. The molecule has 0 aromatic carbocycles. The van der Waals surface area contributed by atoms with E-state index >= 15 is 0 Å². The van der Waals surface area contributed by atoms with Gasteiger partial charge in [-0.2, -0.15) is 0 Å². The Morgan fingerprint density at radius 1 is 1.48 bits per heavy atom. The highest BCUT2D eigenvalue weighted by atomic mass is 16.4. The second-order valence-electron chi connectivity index (χ2n) is 5.64. The van der Waals surface area contributed by atoms with Crippen LogP contribution in [0.4, 0.5) is 5.82 Å². The normalized spacial score (nSPS) is 22.0. The Bertz CT molecular complexity index is 525. The third-order valence-electron chi connectivity index (χ3n) is 4.08. The molecule has 1 aliphatic heterocycles. The van der Waals surface area contributed by atoms with E-state index in [4.69, 9.17) is 5.73 Å². The van der Waals surface area contributed by atoms with Gasteiger partial charge in [0.05, 0.1) is 11.0 Å². The summed E-state index contributed by atoms with van der Waals surface area (Å²) in [5, 5.41) is 9.56. The number of carbonyl (C=O) groups excluding carboxylic acids is 1. The van der Waals surface area contributed by atoms with Gasteiger partial charge in [0.2, 0.25) is 0 Å². The number of pyridine rings is 1. The predicted molar refractivity (Wildman–Crippen MR) is 78.8 cm³/mol. The number of amides is 1. The molecule has 0 bridgehead atoms. The third kappa shape index (κ3) is 3.15. The number of aromatic nitrogens is 1. The van der Waals surface area contributed by atoms with Crippen molar-refractivity contribution < 1.29 is 14.7 Å². The summed E-state index contributed by atoms with van der Waals surface area (Å²) in [5.74, 6) is -0.628. The zero-order valence-corrected chi connectivity index (χ0v) is 12.2. The maximum atomic E-state index is 12.5. The molecule has 0 unspecified atom stereocenters. The smallest absolute Gasteiger partial charge is 0.311 e. The number of carboxylic acid groups (broad SMARTS) is 1. The number of hydrogen-bond donors (Lipinski definition) is 2. The summed E-state index contributed by atoms with van der Waals surface area (Å²) < 4.78 is 0. The molecule has 2 rings (SSSR count). The van der Waals surface area contributed by atoms with Crippen molar-refractivity contribution in [2.75, 3.05) is 18.8 Å². The molecule has 1 aromatic rings. The lowest BCUT2D eigenvalue weighted by Gasteiger charge is -2.40. The molecule has 114 valence electrons. The first kappa shape index (κ1) is 15.3. The summed E-state index contributed by atoms with van der Waals surface area (Å²) in [6.45, 7) is 2.82. The van der Waals surface area contributed by atoms with Crippen LogP contribution in [-0.2, 0) is 4.79 Å². The fourth-order valence-electron chi connectivity index (χ4n) is 2.98. The number of piperidine rings is 1. The molecule has 3 N–H and O–H groups in total. The number of rotatable bonds is 4. The van der Waals surface area contributed by atoms with Crippen LogP contribution < -0.4 is 5.73 Å². The van der Waals surface area contributed by atoms with E-state index in [2.05, 4.69) is 4.98 Å². The van der Waals surface area contributed by atoms with Gasteiger partial charge in [0.1, 0.15) is 5.82 Å². The molecule has 0 spiro atoms. The molecule has 6 heteroatoms. The van der Waals surface area contributed by atoms with Gasteiger partial charge in [0.15, 0.2) is 0 Å². The fraction of sp³-hybridized carbons (Fsp3) is 0.533. The maximum Gasteiger partial charge on any atom is 0.311 e. The Kier molecular flexibility index (Phi) is 4.45. The van der Waals surface area contributed by atoms with Crippen molar-refractivity contribution in [1.82, 2.24) is 9.88 Å². The van der Waals surface area contributed by atoms with Gasteiger partial charge in [0, 0.05) is 19.3 Å². The van der Waals surface area contributed by atoms with Gasteiger partial charge in [-0.15, -0.1) is 0 Å². The summed E-state index contributed by atoms with van der Waals surface area (Å²) in [6.07, 6.45) is 4.15. The van der Waals surface area contributed by atoms with E-state index in [0.29, 0.717) is 37.2 Å². The number of nitrogens with zero attached hydrogens (tertiary/aromatic N) is 2. The topological polar surface area (TPSA) is 96.5 Å². The summed E-state index contributed by atoms with van der Waals surface area (Å²) in [7, 11) is 0. The van der Waals surface area contributed by atoms with Gasteiger partial charge in [0.25, 0.3) is 5.91 Å². The zero-order chi connectivity index (χ0) is 15.5. The average molecular weight is 291 g/mol. The first-order valence-corrected chi connectivity index (χ1v) is 7.23. The van der Waals surface area contributed by atoms with Crippen molar-refractivity contribution in [3.63, 3.8) is 0 Å². The minimum Gasteiger partial charge on any atom is -0.481 e. The van der Waals surface area contributed by atoms with Crippen LogP contribution in [0.3, 0.4) is 0 Å². The molecule has 2 heterocycles. The van der Waals surface area contributed by atoms with E-state index in [0.717, 1.165) is 6.42 Å². The maximum absolute atomic E-state index is 12.5. The second kappa shape index (κ2) is 6.11. The fourth-order valence-corrected chi connectivity index (χ4v) is 2.98. The van der Waals surface area contributed by atoms with E-state index in [1.807, 2.05) is 6.92 Å². The van der Waals surface area contributed by atoms with Crippen molar-refractivity contribution in [1.29, 1.82) is 0 Å². The molecule has 1 aromatic heterocycles. The van der Waals surface area contributed by atoms with Crippen molar-refractivity contribution in [3.05, 3.63) is 23.9 Å². The highest BCUT2D eigenvalue weighted by molar-refractivity contribution is 5.94. The summed E-state index contributed by atoms with van der Waals surface area (Å²) in [4.78, 5) is 29.7. The Morgan fingerprint density at radius 3 is 2.81 bits per heavy atom. The van der Waals surface area contributed by atoms with Crippen molar-refractivity contribution in [2.24, 2.45) is 5.41 Å². The molecule has 0 aliphatic carbocycles. The number of carbonyl (C=O) groups is 2. The predicted octanol–water partition coefficient (Wildman–Crippen LogP) is 1.77. The van der Waals surface area contributed by atoms with Crippen molar-refractivity contribution in [3.8, 4) is 0 Å². The van der Waals surface area contributed by atoms with E-state index in [1.165, 1.54) is 6.20 Å². The monoisotopic (exact) mass is 291 g/mol. The lowest BCUT2D eigenvalue weighted by atomic mass is 9.76. The lowest BCUT2D eigenvalue weighted by Crippen LogP contribution is -2.49. The Morgan fingerprint density at radius 2 is 2.24 bits per heavy atom. The van der Waals surface area contributed by atoms with Gasteiger partial charge >= 0.3 is 5.97 Å². The molecule has 21 heavy (non-hydrogen) atoms. The molecular weight excluding hydrogens is 270 g/mol. The highest BCUT2D eigenvalue weighted by Crippen LogP contribution is 2.35. The van der Waals surface area contributed by atoms with E-state index in [1.54, 1.807) is 17.0 Å². The first-order chi connectivity index (χ1) is 9.98.